The molecule has 0 aliphatic carbocycles. The van der Waals surface area contributed by atoms with Gasteiger partial charge >= 0.3 is 0 Å². The lowest BCUT2D eigenvalue weighted by Crippen LogP contribution is -2.15. The van der Waals surface area contributed by atoms with Crippen molar-refractivity contribution >= 4 is 21.5 Å². The van der Waals surface area contributed by atoms with Crippen LogP contribution in [0.4, 0.5) is 5.88 Å². The molecule has 0 amide bonds. The lowest BCUT2D eigenvalue weighted by molar-refractivity contribution is 0.430. The van der Waals surface area contributed by atoms with Crippen molar-refractivity contribution in [2.45, 2.75) is 25.3 Å². The van der Waals surface area contributed by atoms with E-state index in [1.165, 1.54) is 6.26 Å². The highest BCUT2D eigenvalue weighted by Crippen LogP contribution is 2.34. The van der Waals surface area contributed by atoms with E-state index in [9.17, 15) is 8.42 Å². The molecule has 0 bridgehead atoms. The Bertz CT molecular complexity index is 1810. The van der Waals surface area contributed by atoms with E-state index in [-0.39, 0.29) is 10.8 Å². The molecular weight excluding hydrogens is 536 g/mol. The maximum atomic E-state index is 13.6. The molecule has 2 heterocycles. The fraction of sp³-hybridized carbons (Fsp3) is 0.125. The number of rotatable bonds is 10. The largest absolute Gasteiger partial charge is 0.445 e. The number of hydrogen-bond donors (Lipinski definition) is 1. The SMILES string of the molecule is C=C(/C=C\N(C)Cc1cc(-c2ncco2)ccc1-c1ccccc1S(=O)(=O)Nc1onc(C)c1C)c1ccccc1. The molecule has 2 aromatic heterocycles. The molecule has 0 unspecified atom stereocenters. The van der Waals surface area contributed by atoms with Gasteiger partial charge in [-0.25, -0.2) is 18.1 Å². The number of nitrogens with zero attached hydrogens (tertiary/aromatic N) is 3. The predicted molar refractivity (Wildman–Crippen MR) is 160 cm³/mol. The molecule has 0 spiro atoms. The molecule has 5 rings (SSSR count). The first-order chi connectivity index (χ1) is 19.7. The molecule has 0 saturated carbocycles. The fourth-order valence-corrected chi connectivity index (χ4v) is 5.65. The van der Waals surface area contributed by atoms with Crippen molar-refractivity contribution in [3.63, 3.8) is 0 Å². The third-order valence-electron chi connectivity index (χ3n) is 6.73. The monoisotopic (exact) mass is 566 g/mol. The highest BCUT2D eigenvalue weighted by molar-refractivity contribution is 7.92. The zero-order valence-corrected chi connectivity index (χ0v) is 23.9. The third-order valence-corrected chi connectivity index (χ3v) is 8.12. The quantitative estimate of drug-likeness (QED) is 0.180. The first-order valence-electron chi connectivity index (χ1n) is 12.9. The molecule has 5 aromatic rings. The maximum Gasteiger partial charge on any atom is 0.264 e. The summed E-state index contributed by atoms with van der Waals surface area (Å²) < 4.78 is 40.5. The summed E-state index contributed by atoms with van der Waals surface area (Å²) in [5, 5.41) is 3.87. The molecule has 8 nitrogen and oxygen atoms in total. The van der Waals surface area contributed by atoms with Crippen LogP contribution in [0, 0.1) is 13.8 Å². The van der Waals surface area contributed by atoms with Crippen LogP contribution < -0.4 is 4.72 Å². The minimum atomic E-state index is -4.01. The third kappa shape index (κ3) is 6.15. The van der Waals surface area contributed by atoms with E-state index in [0.29, 0.717) is 29.3 Å². The van der Waals surface area contributed by atoms with E-state index in [4.69, 9.17) is 8.94 Å². The first kappa shape index (κ1) is 27.7. The van der Waals surface area contributed by atoms with Gasteiger partial charge < -0.3 is 13.8 Å². The minimum absolute atomic E-state index is 0.0975. The summed E-state index contributed by atoms with van der Waals surface area (Å²) in [5.74, 6) is 0.576. The Labute approximate surface area is 239 Å². The second-order valence-corrected chi connectivity index (χ2v) is 11.3. The average Bonchev–Trinajstić information content (AvgIpc) is 3.63. The first-order valence-corrected chi connectivity index (χ1v) is 14.4. The number of anilines is 1. The van der Waals surface area contributed by atoms with Gasteiger partial charge in [-0.1, -0.05) is 66.3 Å². The van der Waals surface area contributed by atoms with Gasteiger partial charge in [-0.05, 0) is 66.6 Å². The second-order valence-electron chi connectivity index (χ2n) is 9.66. The van der Waals surface area contributed by atoms with Crippen molar-refractivity contribution < 1.29 is 17.4 Å². The van der Waals surface area contributed by atoms with Gasteiger partial charge in [-0.2, -0.15) is 0 Å². The van der Waals surface area contributed by atoms with Gasteiger partial charge in [-0.3, -0.25) is 0 Å². The predicted octanol–water partition coefficient (Wildman–Crippen LogP) is 7.07. The maximum absolute atomic E-state index is 13.6. The summed E-state index contributed by atoms with van der Waals surface area (Å²) in [5.41, 5.74) is 6.14. The topological polar surface area (TPSA) is 101 Å². The highest BCUT2D eigenvalue weighted by atomic mass is 32.2. The lowest BCUT2D eigenvalue weighted by Gasteiger charge is -2.20. The number of benzene rings is 3. The molecule has 0 fully saturated rings. The summed E-state index contributed by atoms with van der Waals surface area (Å²) in [6.45, 7) is 8.17. The number of allylic oxidation sites excluding steroid dienone is 2. The molecule has 208 valence electrons. The second kappa shape index (κ2) is 11.7. The van der Waals surface area contributed by atoms with Crippen molar-refractivity contribution in [1.82, 2.24) is 15.0 Å². The molecule has 0 aliphatic heterocycles. The van der Waals surface area contributed by atoms with E-state index in [0.717, 1.165) is 27.8 Å². The van der Waals surface area contributed by atoms with Gasteiger partial charge in [0, 0.05) is 30.3 Å². The van der Waals surface area contributed by atoms with Crippen LogP contribution in [0.25, 0.3) is 28.2 Å². The van der Waals surface area contributed by atoms with E-state index in [2.05, 4.69) is 21.4 Å². The summed E-state index contributed by atoms with van der Waals surface area (Å²) >= 11 is 0. The number of aromatic nitrogens is 2. The highest BCUT2D eigenvalue weighted by Gasteiger charge is 2.24. The van der Waals surface area contributed by atoms with Crippen LogP contribution in [0.15, 0.2) is 118 Å². The van der Waals surface area contributed by atoms with E-state index in [1.807, 2.05) is 78.8 Å². The van der Waals surface area contributed by atoms with Gasteiger partial charge in [0.05, 0.1) is 16.8 Å². The van der Waals surface area contributed by atoms with Crippen molar-refractivity contribution in [3.8, 4) is 22.6 Å². The summed E-state index contributed by atoms with van der Waals surface area (Å²) in [6, 6.07) is 22.6. The van der Waals surface area contributed by atoms with E-state index < -0.39 is 10.0 Å². The molecule has 0 atom stereocenters. The van der Waals surface area contributed by atoms with Crippen LogP contribution in [0.5, 0.6) is 0 Å². The zero-order chi connectivity index (χ0) is 29.0. The Balaban J connectivity index is 1.52. The Morgan fingerprint density at radius 1 is 1.02 bits per heavy atom. The molecule has 3 aromatic carbocycles. The molecule has 1 N–H and O–H groups in total. The molecule has 0 aliphatic rings. The summed E-state index contributed by atoms with van der Waals surface area (Å²) in [4.78, 5) is 6.42. The average molecular weight is 567 g/mol. The Hall–Kier alpha value is -4.89. The Kier molecular flexibility index (Phi) is 7.89. The van der Waals surface area contributed by atoms with Crippen LogP contribution >= 0.6 is 0 Å². The Morgan fingerprint density at radius 2 is 1.78 bits per heavy atom. The fourth-order valence-electron chi connectivity index (χ4n) is 4.38. The number of hydrogen-bond acceptors (Lipinski definition) is 7. The summed E-state index contributed by atoms with van der Waals surface area (Å²) in [6.07, 6.45) is 7.02. The molecule has 0 saturated heterocycles. The van der Waals surface area contributed by atoms with Crippen molar-refractivity contribution in [3.05, 3.63) is 126 Å². The van der Waals surface area contributed by atoms with E-state index >= 15 is 0 Å². The van der Waals surface area contributed by atoms with Crippen LogP contribution in [0.1, 0.15) is 22.4 Å². The van der Waals surface area contributed by atoms with Crippen LogP contribution in [-0.2, 0) is 16.6 Å². The van der Waals surface area contributed by atoms with E-state index in [1.54, 1.807) is 38.2 Å². The molecule has 9 heteroatoms. The molecule has 41 heavy (non-hydrogen) atoms. The van der Waals surface area contributed by atoms with Gasteiger partial charge in [0.1, 0.15) is 6.26 Å². The number of sulfonamides is 1. The van der Waals surface area contributed by atoms with Gasteiger partial charge in [-0.15, -0.1) is 0 Å². The van der Waals surface area contributed by atoms with Gasteiger partial charge in [0.25, 0.3) is 10.0 Å². The van der Waals surface area contributed by atoms with Gasteiger partial charge in [0.15, 0.2) is 0 Å². The number of oxazole rings is 1. The minimum Gasteiger partial charge on any atom is -0.445 e. The normalized spacial score (nSPS) is 11.6. The van der Waals surface area contributed by atoms with Crippen molar-refractivity contribution in [2.75, 3.05) is 11.8 Å². The zero-order valence-electron chi connectivity index (χ0n) is 23.0. The summed E-state index contributed by atoms with van der Waals surface area (Å²) in [7, 11) is -2.05. The van der Waals surface area contributed by atoms with Crippen molar-refractivity contribution in [1.29, 1.82) is 0 Å². The van der Waals surface area contributed by atoms with Crippen LogP contribution in [-0.4, -0.2) is 30.5 Å². The van der Waals surface area contributed by atoms with Crippen LogP contribution in [0.3, 0.4) is 0 Å². The standard InChI is InChI=1S/C32H30N4O4S/c1-22(25-10-6-5-7-11-25)16-18-36(4)21-27-20-26(32-33-17-19-39-32)14-15-28(27)29-12-8-9-13-30(29)41(37,38)35-31-23(2)24(3)34-40-31/h5-20,35H,1,21H2,2-4H3/b18-16-. The lowest BCUT2D eigenvalue weighted by atomic mass is 9.97. The molecular formula is C32H30N4O4S. The van der Waals surface area contributed by atoms with Gasteiger partial charge in [0.2, 0.25) is 11.8 Å². The Morgan fingerprint density at radius 3 is 2.49 bits per heavy atom. The van der Waals surface area contributed by atoms with Crippen molar-refractivity contribution in [2.24, 2.45) is 0 Å². The molecule has 0 radical (unpaired) electrons. The smallest absolute Gasteiger partial charge is 0.264 e. The van der Waals surface area contributed by atoms with Crippen LogP contribution in [0.2, 0.25) is 0 Å². The number of nitrogens with one attached hydrogen (secondary N) is 1. The number of aryl methyl sites for hydroxylation is 1.